The van der Waals surface area contributed by atoms with Gasteiger partial charge in [-0.2, -0.15) is 0 Å². The maximum atomic E-state index is 13.2. The highest BCUT2D eigenvalue weighted by atomic mass is 16.5. The maximum Gasteiger partial charge on any atom is 0.257 e. The van der Waals surface area contributed by atoms with Crippen LogP contribution in [0.4, 0.5) is 5.69 Å². The molecule has 1 saturated carbocycles. The molecule has 1 heterocycles. The Bertz CT molecular complexity index is 710. The molecule has 1 unspecified atom stereocenters. The summed E-state index contributed by atoms with van der Waals surface area (Å²) in [6.07, 6.45) is 6.35. The molecule has 1 aromatic carbocycles. The topological polar surface area (TPSA) is 66.9 Å². The van der Waals surface area contributed by atoms with E-state index in [0.717, 1.165) is 32.1 Å². The van der Waals surface area contributed by atoms with E-state index in [2.05, 4.69) is 0 Å². The first-order valence-corrected chi connectivity index (χ1v) is 10.5. The predicted octanol–water partition coefficient (Wildman–Crippen LogP) is 3.68. The van der Waals surface area contributed by atoms with Gasteiger partial charge in [0.15, 0.2) is 0 Å². The molecule has 0 bridgehead atoms. The van der Waals surface area contributed by atoms with E-state index in [1.54, 1.807) is 29.2 Å². The largest absolute Gasteiger partial charge is 0.494 e. The standard InChI is InChI=1S/C22H30N2O4/c1-3-8-20(25)23(16-9-6-5-7-10-16)19-15-21(26)24(22(19)27)17-11-13-18(14-12-17)28-4-2/h11-14,16,19H,3-10,15H2,1-2H3. The molecule has 1 saturated heterocycles. The van der Waals surface area contributed by atoms with Crippen molar-refractivity contribution < 1.29 is 19.1 Å². The lowest BCUT2D eigenvalue weighted by molar-refractivity contribution is -0.141. The SMILES string of the molecule is CCCC(=O)N(C1CCCCC1)C1CC(=O)N(c2ccc(OCC)cc2)C1=O. The van der Waals surface area contributed by atoms with Gasteiger partial charge in [0.05, 0.1) is 18.7 Å². The van der Waals surface area contributed by atoms with E-state index in [0.29, 0.717) is 24.5 Å². The van der Waals surface area contributed by atoms with Crippen LogP contribution in [-0.2, 0) is 14.4 Å². The van der Waals surface area contributed by atoms with Crippen LogP contribution >= 0.6 is 0 Å². The van der Waals surface area contributed by atoms with E-state index in [1.807, 2.05) is 13.8 Å². The molecule has 0 radical (unpaired) electrons. The lowest BCUT2D eigenvalue weighted by atomic mass is 9.92. The summed E-state index contributed by atoms with van der Waals surface area (Å²) in [6, 6.07) is 6.35. The number of hydrogen-bond donors (Lipinski definition) is 0. The molecular weight excluding hydrogens is 356 g/mol. The summed E-state index contributed by atoms with van der Waals surface area (Å²) in [5.74, 6) is 0.159. The molecule has 3 amide bonds. The Morgan fingerprint density at radius 2 is 1.79 bits per heavy atom. The number of amides is 3. The van der Waals surface area contributed by atoms with Gasteiger partial charge in [-0.1, -0.05) is 26.2 Å². The van der Waals surface area contributed by atoms with Crippen LogP contribution in [0.1, 0.15) is 65.2 Å². The first-order chi connectivity index (χ1) is 13.6. The Hall–Kier alpha value is -2.37. The zero-order valence-corrected chi connectivity index (χ0v) is 16.9. The number of hydrogen-bond acceptors (Lipinski definition) is 4. The number of rotatable bonds is 7. The minimum Gasteiger partial charge on any atom is -0.494 e. The number of carbonyl (C=O) groups excluding carboxylic acids is 3. The van der Waals surface area contributed by atoms with E-state index in [4.69, 9.17) is 4.74 Å². The summed E-state index contributed by atoms with van der Waals surface area (Å²) in [7, 11) is 0. The fourth-order valence-electron chi connectivity index (χ4n) is 4.30. The van der Waals surface area contributed by atoms with Gasteiger partial charge >= 0.3 is 0 Å². The highest BCUT2D eigenvalue weighted by molar-refractivity contribution is 6.23. The summed E-state index contributed by atoms with van der Waals surface area (Å²) < 4.78 is 5.43. The van der Waals surface area contributed by atoms with Crippen LogP contribution in [0, 0.1) is 0 Å². The first-order valence-electron chi connectivity index (χ1n) is 10.5. The zero-order valence-electron chi connectivity index (χ0n) is 16.9. The zero-order chi connectivity index (χ0) is 20.1. The van der Waals surface area contributed by atoms with Crippen LogP contribution in [0.2, 0.25) is 0 Å². The van der Waals surface area contributed by atoms with Crippen LogP contribution in [0.15, 0.2) is 24.3 Å². The van der Waals surface area contributed by atoms with Crippen molar-refractivity contribution in [1.82, 2.24) is 4.90 Å². The second-order valence-electron chi connectivity index (χ2n) is 7.56. The van der Waals surface area contributed by atoms with Crippen molar-refractivity contribution in [1.29, 1.82) is 0 Å². The van der Waals surface area contributed by atoms with Crippen LogP contribution < -0.4 is 9.64 Å². The monoisotopic (exact) mass is 386 g/mol. The average molecular weight is 386 g/mol. The molecule has 1 atom stereocenters. The Morgan fingerprint density at radius 1 is 1.11 bits per heavy atom. The Kier molecular flexibility index (Phi) is 6.70. The number of benzene rings is 1. The fraction of sp³-hybridized carbons (Fsp3) is 0.591. The van der Waals surface area contributed by atoms with Gasteiger partial charge in [-0.05, 0) is 50.5 Å². The third kappa shape index (κ3) is 4.21. The molecule has 6 heteroatoms. The third-order valence-electron chi connectivity index (χ3n) is 5.58. The predicted molar refractivity (Wildman–Crippen MR) is 107 cm³/mol. The summed E-state index contributed by atoms with van der Waals surface area (Å²) in [5, 5.41) is 0. The molecule has 1 aliphatic carbocycles. The van der Waals surface area contributed by atoms with Crippen LogP contribution in [-0.4, -0.2) is 41.3 Å². The highest BCUT2D eigenvalue weighted by Gasteiger charge is 2.46. The van der Waals surface area contributed by atoms with Gasteiger partial charge in [-0.25, -0.2) is 4.90 Å². The van der Waals surface area contributed by atoms with Crippen LogP contribution in [0.25, 0.3) is 0 Å². The number of nitrogens with zero attached hydrogens (tertiary/aromatic N) is 2. The second kappa shape index (κ2) is 9.22. The molecule has 1 aliphatic heterocycles. The van der Waals surface area contributed by atoms with Gasteiger partial charge in [-0.3, -0.25) is 14.4 Å². The van der Waals surface area contributed by atoms with Gasteiger partial charge in [-0.15, -0.1) is 0 Å². The molecule has 2 aliphatic rings. The molecule has 0 spiro atoms. The number of ether oxygens (including phenoxy) is 1. The van der Waals surface area contributed by atoms with Crippen molar-refractivity contribution in [3.8, 4) is 5.75 Å². The van der Waals surface area contributed by atoms with Gasteiger partial charge in [0.1, 0.15) is 11.8 Å². The molecule has 2 fully saturated rings. The Morgan fingerprint density at radius 3 is 2.39 bits per heavy atom. The molecule has 3 rings (SSSR count). The smallest absolute Gasteiger partial charge is 0.257 e. The van der Waals surface area contributed by atoms with Gasteiger partial charge < -0.3 is 9.64 Å². The summed E-state index contributed by atoms with van der Waals surface area (Å²) in [5.41, 5.74) is 0.535. The minimum atomic E-state index is -0.679. The maximum absolute atomic E-state index is 13.2. The third-order valence-corrected chi connectivity index (χ3v) is 5.58. The minimum absolute atomic E-state index is 0.00547. The highest BCUT2D eigenvalue weighted by Crippen LogP contribution is 2.32. The lowest BCUT2D eigenvalue weighted by Crippen LogP contribution is -2.51. The Labute approximate surface area is 166 Å². The molecule has 0 aromatic heterocycles. The van der Waals surface area contributed by atoms with E-state index in [1.165, 1.54) is 11.3 Å². The quantitative estimate of drug-likeness (QED) is 0.671. The van der Waals surface area contributed by atoms with Gasteiger partial charge in [0.2, 0.25) is 11.8 Å². The molecule has 28 heavy (non-hydrogen) atoms. The van der Waals surface area contributed by atoms with Crippen molar-refractivity contribution in [2.75, 3.05) is 11.5 Å². The fourth-order valence-corrected chi connectivity index (χ4v) is 4.30. The van der Waals surface area contributed by atoms with Crippen molar-refractivity contribution in [2.24, 2.45) is 0 Å². The normalized spacial score (nSPS) is 20.5. The average Bonchev–Trinajstić information content (AvgIpc) is 2.98. The van der Waals surface area contributed by atoms with E-state index >= 15 is 0 Å². The molecule has 6 nitrogen and oxygen atoms in total. The van der Waals surface area contributed by atoms with Crippen molar-refractivity contribution in [3.63, 3.8) is 0 Å². The molecule has 152 valence electrons. The van der Waals surface area contributed by atoms with Crippen LogP contribution in [0.3, 0.4) is 0 Å². The number of carbonyl (C=O) groups is 3. The van der Waals surface area contributed by atoms with Crippen LogP contribution in [0.5, 0.6) is 5.75 Å². The summed E-state index contributed by atoms with van der Waals surface area (Å²) in [4.78, 5) is 41.8. The lowest BCUT2D eigenvalue weighted by Gasteiger charge is -2.37. The summed E-state index contributed by atoms with van der Waals surface area (Å²) >= 11 is 0. The molecule has 1 aromatic rings. The second-order valence-corrected chi connectivity index (χ2v) is 7.56. The van der Waals surface area contributed by atoms with Crippen molar-refractivity contribution >= 4 is 23.4 Å². The number of imide groups is 1. The number of anilines is 1. The first kappa shape index (κ1) is 20.4. The molecular formula is C22H30N2O4. The summed E-state index contributed by atoms with van der Waals surface area (Å²) in [6.45, 7) is 4.42. The van der Waals surface area contributed by atoms with Crippen molar-refractivity contribution in [2.45, 2.75) is 77.3 Å². The van der Waals surface area contributed by atoms with E-state index in [9.17, 15) is 14.4 Å². The van der Waals surface area contributed by atoms with E-state index < -0.39 is 6.04 Å². The van der Waals surface area contributed by atoms with Crippen molar-refractivity contribution in [3.05, 3.63) is 24.3 Å². The Balaban J connectivity index is 1.83. The molecule has 0 N–H and O–H groups in total. The van der Waals surface area contributed by atoms with E-state index in [-0.39, 0.29) is 30.2 Å². The van der Waals surface area contributed by atoms with Gasteiger partial charge in [0, 0.05) is 12.5 Å². The van der Waals surface area contributed by atoms with Gasteiger partial charge in [0.25, 0.3) is 5.91 Å².